The fourth-order valence-corrected chi connectivity index (χ4v) is 3.34. The van der Waals surface area contributed by atoms with E-state index in [1.54, 1.807) is 22.7 Å². The van der Waals surface area contributed by atoms with Gasteiger partial charge in [0.2, 0.25) is 5.91 Å². The Labute approximate surface area is 148 Å². The number of amides is 1. The van der Waals surface area contributed by atoms with Gasteiger partial charge in [-0.2, -0.15) is 0 Å². The zero-order chi connectivity index (χ0) is 17.4. The van der Waals surface area contributed by atoms with Crippen LogP contribution in [0.2, 0.25) is 0 Å². The Balaban J connectivity index is 1.99. The molecule has 0 aromatic heterocycles. The van der Waals surface area contributed by atoms with Gasteiger partial charge in [0.25, 0.3) is 0 Å². The van der Waals surface area contributed by atoms with Gasteiger partial charge in [-0.1, -0.05) is 42.5 Å². The topological polar surface area (TPSA) is 37.4 Å². The largest absolute Gasteiger partial charge is 0.343 e. The predicted octanol–water partition coefficient (Wildman–Crippen LogP) is 4.42. The summed E-state index contributed by atoms with van der Waals surface area (Å²) >= 11 is 1.69. The molecule has 24 heavy (non-hydrogen) atoms. The van der Waals surface area contributed by atoms with Crippen LogP contribution >= 0.6 is 11.8 Å². The number of hydrogen-bond acceptors (Lipinski definition) is 3. The second-order valence-corrected chi connectivity index (χ2v) is 6.52. The molecule has 0 spiro atoms. The van der Waals surface area contributed by atoms with Gasteiger partial charge >= 0.3 is 0 Å². The molecule has 0 saturated carbocycles. The van der Waals surface area contributed by atoms with Crippen molar-refractivity contribution in [2.45, 2.75) is 30.9 Å². The number of rotatable bonds is 8. The third kappa shape index (κ3) is 5.24. The first-order valence-electron chi connectivity index (χ1n) is 8.21. The van der Waals surface area contributed by atoms with Crippen LogP contribution in [0.5, 0.6) is 0 Å². The Hall–Kier alpha value is -2.07. The van der Waals surface area contributed by atoms with Crippen LogP contribution < -0.4 is 0 Å². The number of carbonyl (C=O) groups is 2. The molecule has 3 nitrogen and oxygen atoms in total. The lowest BCUT2D eigenvalue weighted by atomic mass is 10.1. The Bertz CT molecular complexity index is 681. The normalized spacial score (nSPS) is 10.4. The summed E-state index contributed by atoms with van der Waals surface area (Å²) in [4.78, 5) is 27.2. The highest BCUT2D eigenvalue weighted by atomic mass is 32.2. The minimum Gasteiger partial charge on any atom is -0.343 e. The molecule has 0 atom stereocenters. The van der Waals surface area contributed by atoms with Gasteiger partial charge in [-0.15, -0.1) is 11.8 Å². The molecule has 0 bridgehead atoms. The van der Waals surface area contributed by atoms with Crippen molar-refractivity contribution in [3.63, 3.8) is 0 Å². The third-order valence-electron chi connectivity index (χ3n) is 3.83. The maximum atomic E-state index is 12.4. The second-order valence-electron chi connectivity index (χ2n) is 5.47. The van der Waals surface area contributed by atoms with E-state index in [1.165, 1.54) is 5.56 Å². The van der Waals surface area contributed by atoms with E-state index in [4.69, 9.17) is 0 Å². The molecule has 0 aliphatic carbocycles. The molecular formula is C20H23NO2S. The van der Waals surface area contributed by atoms with Gasteiger partial charge in [-0.3, -0.25) is 9.59 Å². The molecule has 4 heteroatoms. The van der Waals surface area contributed by atoms with Crippen LogP contribution in [0, 0.1) is 0 Å². The molecule has 0 aliphatic heterocycles. The number of ketones is 1. The Morgan fingerprint density at radius 3 is 2.33 bits per heavy atom. The summed E-state index contributed by atoms with van der Waals surface area (Å²) < 4.78 is 0. The fourth-order valence-electron chi connectivity index (χ4n) is 2.43. The van der Waals surface area contributed by atoms with E-state index in [1.807, 2.05) is 50.2 Å². The van der Waals surface area contributed by atoms with Gasteiger partial charge in [0.1, 0.15) is 0 Å². The van der Waals surface area contributed by atoms with Gasteiger partial charge in [-0.05, 0) is 31.5 Å². The highest BCUT2D eigenvalue weighted by Crippen LogP contribution is 2.24. The molecule has 1 amide bonds. The quantitative estimate of drug-likeness (QED) is 0.405. The Morgan fingerprint density at radius 1 is 0.958 bits per heavy atom. The summed E-state index contributed by atoms with van der Waals surface area (Å²) in [5, 5.41) is 0. The van der Waals surface area contributed by atoms with Gasteiger partial charge in [0.05, 0.1) is 6.42 Å². The maximum Gasteiger partial charge on any atom is 0.230 e. The van der Waals surface area contributed by atoms with Crippen LogP contribution in [0.25, 0.3) is 0 Å². The first kappa shape index (κ1) is 18.3. The van der Waals surface area contributed by atoms with Crippen molar-refractivity contribution in [2.75, 3.05) is 13.1 Å². The Morgan fingerprint density at radius 2 is 1.67 bits per heavy atom. The molecule has 126 valence electrons. The van der Waals surface area contributed by atoms with Crippen LogP contribution in [-0.4, -0.2) is 29.7 Å². The number of nitrogens with zero attached hydrogens (tertiary/aromatic N) is 1. The van der Waals surface area contributed by atoms with Gasteiger partial charge in [-0.25, -0.2) is 0 Å². The molecule has 0 saturated heterocycles. The first-order chi connectivity index (χ1) is 11.6. The minimum atomic E-state index is -0.117. The number of benzene rings is 2. The van der Waals surface area contributed by atoms with Crippen molar-refractivity contribution >= 4 is 23.5 Å². The van der Waals surface area contributed by atoms with E-state index in [2.05, 4.69) is 12.1 Å². The molecule has 2 rings (SSSR count). The van der Waals surface area contributed by atoms with Crippen LogP contribution in [0.4, 0.5) is 0 Å². The molecule has 2 aromatic carbocycles. The molecule has 0 unspecified atom stereocenters. The lowest BCUT2D eigenvalue weighted by Gasteiger charge is -2.18. The summed E-state index contributed by atoms with van der Waals surface area (Å²) in [5.74, 6) is 0.637. The third-order valence-corrected chi connectivity index (χ3v) is 4.90. The number of Topliss-reactive ketones (excluding diaryl/α,β-unsaturated/α-hetero) is 1. The lowest BCUT2D eigenvalue weighted by molar-refractivity contribution is -0.129. The molecular weight excluding hydrogens is 318 g/mol. The minimum absolute atomic E-state index is 0.0610. The van der Waals surface area contributed by atoms with E-state index in [0.717, 1.165) is 10.6 Å². The molecule has 0 heterocycles. The van der Waals surface area contributed by atoms with Crippen molar-refractivity contribution < 1.29 is 9.59 Å². The SMILES string of the molecule is CCN(CC)C(=O)CC(=O)c1cccc(SCc2ccccc2)c1. The number of thioether (sulfide) groups is 1. The van der Waals surface area contributed by atoms with Gasteiger partial charge in [0, 0.05) is 29.3 Å². The highest BCUT2D eigenvalue weighted by molar-refractivity contribution is 7.98. The zero-order valence-electron chi connectivity index (χ0n) is 14.2. The van der Waals surface area contributed by atoms with Crippen molar-refractivity contribution in [3.05, 3.63) is 65.7 Å². The summed E-state index contributed by atoms with van der Waals surface area (Å²) in [6, 6.07) is 17.8. The van der Waals surface area contributed by atoms with Gasteiger partial charge in [0.15, 0.2) is 5.78 Å². The Kier molecular flexibility index (Phi) is 7.07. The van der Waals surface area contributed by atoms with E-state index >= 15 is 0 Å². The maximum absolute atomic E-state index is 12.4. The fraction of sp³-hybridized carbons (Fsp3) is 0.300. The zero-order valence-corrected chi connectivity index (χ0v) is 15.0. The summed E-state index contributed by atoms with van der Waals surface area (Å²) in [5.41, 5.74) is 1.85. The summed E-state index contributed by atoms with van der Waals surface area (Å²) in [6.07, 6.45) is -0.0610. The predicted molar refractivity (Wildman–Crippen MR) is 99.3 cm³/mol. The van der Waals surface area contributed by atoms with Crippen molar-refractivity contribution in [1.82, 2.24) is 4.90 Å². The van der Waals surface area contributed by atoms with Crippen LogP contribution in [-0.2, 0) is 10.5 Å². The van der Waals surface area contributed by atoms with E-state index in [0.29, 0.717) is 18.7 Å². The van der Waals surface area contributed by atoms with Crippen LogP contribution in [0.15, 0.2) is 59.5 Å². The first-order valence-corrected chi connectivity index (χ1v) is 9.20. The number of carbonyl (C=O) groups excluding carboxylic acids is 2. The highest BCUT2D eigenvalue weighted by Gasteiger charge is 2.16. The van der Waals surface area contributed by atoms with Crippen molar-refractivity contribution in [3.8, 4) is 0 Å². The van der Waals surface area contributed by atoms with Crippen molar-refractivity contribution in [1.29, 1.82) is 0 Å². The molecule has 2 aromatic rings. The lowest BCUT2D eigenvalue weighted by Crippen LogP contribution is -2.32. The smallest absolute Gasteiger partial charge is 0.230 e. The van der Waals surface area contributed by atoms with E-state index < -0.39 is 0 Å². The number of hydrogen-bond donors (Lipinski definition) is 0. The average molecular weight is 341 g/mol. The molecule has 0 radical (unpaired) electrons. The van der Waals surface area contributed by atoms with Crippen LogP contribution in [0.1, 0.15) is 36.2 Å². The molecule has 0 N–H and O–H groups in total. The van der Waals surface area contributed by atoms with Crippen molar-refractivity contribution in [2.24, 2.45) is 0 Å². The second kappa shape index (κ2) is 9.28. The summed E-state index contributed by atoms with van der Waals surface area (Å²) in [7, 11) is 0. The molecule has 0 fully saturated rings. The standard InChI is InChI=1S/C20H23NO2S/c1-3-21(4-2)20(23)14-19(22)17-11-8-12-18(13-17)24-15-16-9-6-5-7-10-16/h5-13H,3-4,14-15H2,1-2H3. The van der Waals surface area contributed by atoms with E-state index in [9.17, 15) is 9.59 Å². The van der Waals surface area contributed by atoms with Crippen LogP contribution in [0.3, 0.4) is 0 Å². The van der Waals surface area contributed by atoms with Gasteiger partial charge < -0.3 is 4.90 Å². The van der Waals surface area contributed by atoms with E-state index in [-0.39, 0.29) is 18.1 Å². The monoisotopic (exact) mass is 341 g/mol. The summed E-state index contributed by atoms with van der Waals surface area (Å²) in [6.45, 7) is 5.12. The molecule has 0 aliphatic rings. The average Bonchev–Trinajstić information content (AvgIpc) is 2.62.